The number of carbonyl (C=O) groups is 1. The minimum Gasteiger partial charge on any atom is -0.332 e. The van der Waals surface area contributed by atoms with Crippen LogP contribution in [0.1, 0.15) is 50.7 Å². The molecule has 6 heteroatoms. The summed E-state index contributed by atoms with van der Waals surface area (Å²) in [6.07, 6.45) is 4.36. The molecule has 1 saturated heterocycles. The third kappa shape index (κ3) is 4.80. The minimum absolute atomic E-state index is 0.245. The van der Waals surface area contributed by atoms with Crippen LogP contribution >= 0.6 is 0 Å². The van der Waals surface area contributed by atoms with Crippen LogP contribution in [0.15, 0.2) is 6.20 Å². The fourth-order valence-electron chi connectivity index (χ4n) is 3.77. The zero-order chi connectivity index (χ0) is 18.7. The Hall–Kier alpha value is -1.53. The first-order valence-electron chi connectivity index (χ1n) is 9.96. The van der Waals surface area contributed by atoms with E-state index in [1.807, 2.05) is 11.1 Å². The van der Waals surface area contributed by atoms with E-state index in [-0.39, 0.29) is 5.91 Å². The Morgan fingerprint density at radius 3 is 2.58 bits per heavy atom. The molecule has 0 bridgehead atoms. The number of piperazine rings is 1. The number of fused-ring (bicyclic) bond motifs is 1. The Bertz CT molecular complexity index is 625. The lowest BCUT2D eigenvalue weighted by Gasteiger charge is -2.36. The number of hydrogen-bond acceptors (Lipinski definition) is 5. The molecule has 3 heterocycles. The highest BCUT2D eigenvalue weighted by Crippen LogP contribution is 2.22. The summed E-state index contributed by atoms with van der Waals surface area (Å²) in [7, 11) is 2.17. The lowest BCUT2D eigenvalue weighted by Crippen LogP contribution is -2.48. The summed E-state index contributed by atoms with van der Waals surface area (Å²) < 4.78 is 0. The smallest absolute Gasteiger partial charge is 0.223 e. The number of aromatic nitrogens is 2. The maximum Gasteiger partial charge on any atom is 0.223 e. The Kier molecular flexibility index (Phi) is 6.24. The molecule has 1 fully saturated rings. The van der Waals surface area contributed by atoms with E-state index < -0.39 is 0 Å². The summed E-state index contributed by atoms with van der Waals surface area (Å²) in [5.74, 6) is 1.69. The van der Waals surface area contributed by atoms with Gasteiger partial charge < -0.3 is 9.80 Å². The number of amides is 1. The molecule has 2 aliphatic rings. The maximum atomic E-state index is 12.7. The van der Waals surface area contributed by atoms with Crippen molar-refractivity contribution < 1.29 is 4.79 Å². The van der Waals surface area contributed by atoms with Crippen LogP contribution in [0.2, 0.25) is 0 Å². The molecule has 0 aromatic carbocycles. The van der Waals surface area contributed by atoms with Gasteiger partial charge in [-0.05, 0) is 26.3 Å². The van der Waals surface area contributed by atoms with Gasteiger partial charge in [0.15, 0.2) is 0 Å². The van der Waals surface area contributed by atoms with E-state index in [1.165, 1.54) is 0 Å². The summed E-state index contributed by atoms with van der Waals surface area (Å²) in [5.41, 5.74) is 2.15. The molecule has 0 spiro atoms. The monoisotopic (exact) mass is 359 g/mol. The van der Waals surface area contributed by atoms with E-state index >= 15 is 0 Å². The third-order valence-electron chi connectivity index (χ3n) is 5.59. The molecule has 0 radical (unpaired) electrons. The van der Waals surface area contributed by atoms with Crippen LogP contribution < -0.4 is 0 Å². The van der Waals surface area contributed by atoms with Crippen LogP contribution in [0.4, 0.5) is 0 Å². The van der Waals surface area contributed by atoms with Crippen LogP contribution in [0, 0.1) is 5.92 Å². The Labute approximate surface area is 157 Å². The molecular formula is C20H33N5O. The van der Waals surface area contributed by atoms with Crippen molar-refractivity contribution in [1.82, 2.24) is 24.7 Å². The zero-order valence-corrected chi connectivity index (χ0v) is 16.7. The predicted octanol–water partition coefficient (Wildman–Crippen LogP) is 1.93. The lowest BCUT2D eigenvalue weighted by molar-refractivity contribution is -0.132. The molecule has 0 saturated carbocycles. The second-order valence-electron chi connectivity index (χ2n) is 8.33. The van der Waals surface area contributed by atoms with E-state index in [9.17, 15) is 4.79 Å². The van der Waals surface area contributed by atoms with Gasteiger partial charge in [-0.1, -0.05) is 13.8 Å². The summed E-state index contributed by atoms with van der Waals surface area (Å²) in [6.45, 7) is 12.4. The standard InChI is InChI=1S/C20H33N5O/c1-15(2)11-19-21-12-17-13-25(14-18(17)22-19)20(26)6-5-16(3)24-9-7-23(4)8-10-24/h12,15-16H,5-11,13-14H2,1-4H3/t16-/m1/s1. The fourth-order valence-corrected chi connectivity index (χ4v) is 3.77. The van der Waals surface area contributed by atoms with Gasteiger partial charge in [-0.25, -0.2) is 9.97 Å². The van der Waals surface area contributed by atoms with Crippen LogP contribution in [-0.4, -0.2) is 69.8 Å². The molecule has 3 rings (SSSR count). The number of rotatable bonds is 6. The summed E-state index contributed by atoms with van der Waals surface area (Å²) >= 11 is 0. The Balaban J connectivity index is 1.48. The molecular weight excluding hydrogens is 326 g/mol. The van der Waals surface area contributed by atoms with Crippen LogP contribution in [0.3, 0.4) is 0 Å². The minimum atomic E-state index is 0.245. The highest BCUT2D eigenvalue weighted by atomic mass is 16.2. The molecule has 6 nitrogen and oxygen atoms in total. The van der Waals surface area contributed by atoms with E-state index in [4.69, 9.17) is 0 Å². The van der Waals surface area contributed by atoms with Crippen LogP contribution in [-0.2, 0) is 24.3 Å². The second kappa shape index (κ2) is 8.44. The van der Waals surface area contributed by atoms with Gasteiger partial charge in [-0.15, -0.1) is 0 Å². The molecule has 1 amide bonds. The Morgan fingerprint density at radius 1 is 1.15 bits per heavy atom. The van der Waals surface area contributed by atoms with E-state index in [2.05, 4.69) is 47.6 Å². The molecule has 1 aromatic heterocycles. The van der Waals surface area contributed by atoms with Crippen molar-refractivity contribution >= 4 is 5.91 Å². The maximum absolute atomic E-state index is 12.7. The highest BCUT2D eigenvalue weighted by molar-refractivity contribution is 5.76. The van der Waals surface area contributed by atoms with Crippen LogP contribution in [0.5, 0.6) is 0 Å². The molecule has 0 aliphatic carbocycles. The van der Waals surface area contributed by atoms with Crippen molar-refractivity contribution in [1.29, 1.82) is 0 Å². The average molecular weight is 360 g/mol. The van der Waals surface area contributed by atoms with Crippen molar-refractivity contribution in [3.8, 4) is 0 Å². The number of nitrogens with zero attached hydrogens (tertiary/aromatic N) is 5. The van der Waals surface area contributed by atoms with Crippen molar-refractivity contribution in [3.63, 3.8) is 0 Å². The van der Waals surface area contributed by atoms with Gasteiger partial charge in [0.25, 0.3) is 0 Å². The van der Waals surface area contributed by atoms with Crippen molar-refractivity contribution in [2.24, 2.45) is 5.92 Å². The Morgan fingerprint density at radius 2 is 1.88 bits per heavy atom. The van der Waals surface area contributed by atoms with E-state index in [0.717, 1.165) is 56.1 Å². The van der Waals surface area contributed by atoms with Gasteiger partial charge in [0.2, 0.25) is 5.91 Å². The molecule has 1 aromatic rings. The van der Waals surface area contributed by atoms with Crippen LogP contribution in [0.25, 0.3) is 0 Å². The quantitative estimate of drug-likeness (QED) is 0.777. The SMILES string of the molecule is CC(C)Cc1ncc2c(n1)CN(C(=O)CC[C@@H](C)N1CCN(C)CC1)C2. The second-order valence-corrected chi connectivity index (χ2v) is 8.33. The molecule has 144 valence electrons. The van der Waals surface area contributed by atoms with E-state index in [1.54, 1.807) is 0 Å². The first-order valence-corrected chi connectivity index (χ1v) is 9.96. The molecule has 0 N–H and O–H groups in total. The van der Waals surface area contributed by atoms with E-state index in [0.29, 0.717) is 31.5 Å². The predicted molar refractivity (Wildman–Crippen MR) is 103 cm³/mol. The van der Waals surface area contributed by atoms with Crippen molar-refractivity contribution in [2.75, 3.05) is 33.2 Å². The number of hydrogen-bond donors (Lipinski definition) is 0. The van der Waals surface area contributed by atoms with Gasteiger partial charge in [0.05, 0.1) is 12.2 Å². The first-order chi connectivity index (χ1) is 12.4. The van der Waals surface area contributed by atoms with Crippen molar-refractivity contribution in [3.05, 3.63) is 23.3 Å². The van der Waals surface area contributed by atoms with Gasteiger partial charge in [0.1, 0.15) is 5.82 Å². The normalized spacial score (nSPS) is 19.8. The molecule has 0 unspecified atom stereocenters. The highest BCUT2D eigenvalue weighted by Gasteiger charge is 2.26. The third-order valence-corrected chi connectivity index (χ3v) is 5.59. The topological polar surface area (TPSA) is 52.6 Å². The van der Waals surface area contributed by atoms with Crippen molar-refractivity contribution in [2.45, 2.75) is 59.2 Å². The average Bonchev–Trinajstić information content (AvgIpc) is 3.03. The largest absolute Gasteiger partial charge is 0.332 e. The molecule has 26 heavy (non-hydrogen) atoms. The summed E-state index contributed by atoms with van der Waals surface area (Å²) in [6, 6.07) is 0.468. The summed E-state index contributed by atoms with van der Waals surface area (Å²) in [5, 5.41) is 0. The first kappa shape index (κ1) is 19.2. The van der Waals surface area contributed by atoms with Gasteiger partial charge >= 0.3 is 0 Å². The van der Waals surface area contributed by atoms with Gasteiger partial charge in [-0.3, -0.25) is 9.69 Å². The molecule has 1 atom stereocenters. The zero-order valence-electron chi connectivity index (χ0n) is 16.7. The fraction of sp³-hybridized carbons (Fsp3) is 0.750. The van der Waals surface area contributed by atoms with Gasteiger partial charge in [-0.2, -0.15) is 0 Å². The number of carbonyl (C=O) groups excluding carboxylic acids is 1. The number of likely N-dealkylation sites (N-methyl/N-ethyl adjacent to an activating group) is 1. The summed E-state index contributed by atoms with van der Waals surface area (Å²) in [4.78, 5) is 28.6. The molecule has 2 aliphatic heterocycles. The lowest BCUT2D eigenvalue weighted by atomic mass is 10.1. The van der Waals surface area contributed by atoms with Gasteiger partial charge in [0, 0.05) is 63.4 Å².